The lowest BCUT2D eigenvalue weighted by atomic mass is 9.86. The van der Waals surface area contributed by atoms with Crippen LogP contribution in [0.15, 0.2) is 303 Å². The molecule has 0 unspecified atom stereocenters. The summed E-state index contributed by atoms with van der Waals surface area (Å²) in [6.07, 6.45) is 0. The number of fused-ring (bicyclic) bond motifs is 13. The smallest absolute Gasteiger partial charge is 0.184 e. The Kier molecular flexibility index (Phi) is 11.8. The van der Waals surface area contributed by atoms with Crippen LogP contribution in [0.25, 0.3) is 82.5 Å². The van der Waals surface area contributed by atoms with Crippen molar-refractivity contribution in [3.63, 3.8) is 0 Å². The molecular formula is C86H68N4Si2. The van der Waals surface area contributed by atoms with E-state index in [1.54, 1.807) is 0 Å². The number of anilines is 3. The molecule has 0 atom stereocenters. The topological polar surface area (TPSA) is 18.0 Å². The largest absolute Gasteiger partial charge is 0.311 e. The Hall–Kier alpha value is -10.5. The zero-order valence-electron chi connectivity index (χ0n) is 52.7. The van der Waals surface area contributed by atoms with Crippen LogP contribution < -0.4 is 46.4 Å². The van der Waals surface area contributed by atoms with Gasteiger partial charge in [0.25, 0.3) is 0 Å². The fourth-order valence-electron chi connectivity index (χ4n) is 16.5. The lowest BCUT2D eigenvalue weighted by Crippen LogP contribution is -2.82. The van der Waals surface area contributed by atoms with Gasteiger partial charge in [0.05, 0.1) is 33.1 Å². The standard InChI is InChI=1S/C86H68N4Si2/c1-85(2,3)57-46-49-70-71-50-47-58(86(4,5)6)53-78(71)89(77(70)52-57)61-48-51-81-79(56-61)90-76-42-21-22-43-80(76)92(64-32-23-26-59(54-64)87-72-38-17-13-34-66(72)67-35-14-18-39-73(67)87,65-33-24-27-60(55-65)88-74-40-19-15-36-68(74)69-37-16-20-41-75(69)88)83-45-25-44-82(84(83)90)91(81,62-28-9-7-10-29-62)63-30-11-8-12-31-63/h7-56H,1-6H3. The molecule has 0 saturated heterocycles. The van der Waals surface area contributed by atoms with E-state index in [1.807, 2.05) is 0 Å². The molecule has 18 rings (SSSR count). The molecule has 92 heavy (non-hydrogen) atoms. The monoisotopic (exact) mass is 1210 g/mol. The zero-order chi connectivity index (χ0) is 61.8. The Balaban J connectivity index is 0.991. The molecule has 2 aliphatic heterocycles. The van der Waals surface area contributed by atoms with Crippen LogP contribution in [-0.4, -0.2) is 29.8 Å². The van der Waals surface area contributed by atoms with E-state index in [9.17, 15) is 0 Å². The van der Waals surface area contributed by atoms with E-state index in [-0.39, 0.29) is 10.8 Å². The molecule has 0 radical (unpaired) electrons. The summed E-state index contributed by atoms with van der Waals surface area (Å²) in [5.41, 5.74) is 17.0. The Morgan fingerprint density at radius 1 is 0.239 bits per heavy atom. The number of hydrogen-bond donors (Lipinski definition) is 0. The van der Waals surface area contributed by atoms with E-state index in [1.165, 1.54) is 135 Å². The van der Waals surface area contributed by atoms with Crippen LogP contribution in [0.5, 0.6) is 0 Å². The molecule has 4 nitrogen and oxygen atoms in total. The highest BCUT2D eigenvalue weighted by molar-refractivity contribution is 7.24. The van der Waals surface area contributed by atoms with E-state index >= 15 is 0 Å². The maximum atomic E-state index is 2.74. The number of nitrogens with zero attached hydrogens (tertiary/aromatic N) is 4. The first-order valence-electron chi connectivity index (χ1n) is 32.5. The van der Waals surface area contributed by atoms with Crippen molar-refractivity contribution >= 4 is 140 Å². The maximum absolute atomic E-state index is 3.51. The van der Waals surface area contributed by atoms with Crippen molar-refractivity contribution in [2.75, 3.05) is 4.90 Å². The van der Waals surface area contributed by atoms with Crippen molar-refractivity contribution in [2.45, 2.75) is 52.4 Å². The third-order valence-corrected chi connectivity index (χ3v) is 30.3. The highest BCUT2D eigenvalue weighted by Gasteiger charge is 2.56. The van der Waals surface area contributed by atoms with Gasteiger partial charge in [0.2, 0.25) is 0 Å². The normalized spacial score (nSPS) is 14.1. The summed E-state index contributed by atoms with van der Waals surface area (Å²) in [5.74, 6) is 0. The summed E-state index contributed by atoms with van der Waals surface area (Å²) < 4.78 is 7.62. The average molecular weight is 1210 g/mol. The van der Waals surface area contributed by atoms with Crippen LogP contribution in [-0.2, 0) is 10.8 Å². The third kappa shape index (κ3) is 7.62. The molecule has 3 aromatic heterocycles. The summed E-state index contributed by atoms with van der Waals surface area (Å²) in [4.78, 5) is 2.74. The minimum Gasteiger partial charge on any atom is -0.311 e. The Morgan fingerprint density at radius 2 is 0.587 bits per heavy atom. The second-order valence-corrected chi connectivity index (χ2v) is 35.1. The van der Waals surface area contributed by atoms with E-state index in [4.69, 9.17) is 0 Å². The van der Waals surface area contributed by atoms with Crippen LogP contribution in [0.4, 0.5) is 17.1 Å². The molecule has 0 fully saturated rings. The first-order chi connectivity index (χ1) is 44.9. The van der Waals surface area contributed by atoms with Gasteiger partial charge in [-0.1, -0.05) is 266 Å². The second-order valence-electron chi connectivity index (χ2n) is 27.6. The SMILES string of the molecule is CC(C)(C)c1ccc2c3ccc(C(C)(C)C)cc3n(-c3ccc4c(c3)N3c5ccccc5[Si](c5cccc(-n6c7ccccc7c7ccccc76)c5)(c5cccc(-n6c7ccccc7c7ccccc76)c5)c5cccc(c53)[Si]4(c3ccccc3)c3ccccc3)c2c1. The third-order valence-electron chi connectivity index (χ3n) is 20.6. The van der Waals surface area contributed by atoms with Crippen LogP contribution in [0.3, 0.4) is 0 Å². The molecular weight excluding hydrogens is 1150 g/mol. The van der Waals surface area contributed by atoms with E-state index in [2.05, 4.69) is 363 Å². The predicted molar refractivity (Wildman–Crippen MR) is 396 cm³/mol. The summed E-state index contributed by atoms with van der Waals surface area (Å²) in [6.45, 7) is 14.0. The quantitative estimate of drug-likeness (QED) is 0.145. The van der Waals surface area contributed by atoms with E-state index in [0.717, 1.165) is 17.1 Å². The summed E-state index contributed by atoms with van der Waals surface area (Å²) in [6, 6.07) is 118. The first-order valence-corrected chi connectivity index (χ1v) is 36.5. The van der Waals surface area contributed by atoms with Crippen LogP contribution in [0.2, 0.25) is 0 Å². The van der Waals surface area contributed by atoms with E-state index < -0.39 is 16.1 Å². The fourth-order valence-corrected chi connectivity index (χ4v) is 26.9. The molecule has 2 aliphatic rings. The first kappa shape index (κ1) is 54.4. The number of hydrogen-bond acceptors (Lipinski definition) is 1. The Morgan fingerprint density at radius 3 is 1.05 bits per heavy atom. The van der Waals surface area contributed by atoms with Gasteiger partial charge in [0.1, 0.15) is 0 Å². The molecule has 0 spiro atoms. The molecule has 440 valence electrons. The maximum Gasteiger partial charge on any atom is 0.184 e. The molecule has 0 saturated carbocycles. The molecule has 0 bridgehead atoms. The van der Waals surface area contributed by atoms with Gasteiger partial charge in [-0.3, -0.25) is 0 Å². The lowest BCUT2D eigenvalue weighted by molar-refractivity contribution is 0.591. The van der Waals surface area contributed by atoms with Crippen molar-refractivity contribution in [2.24, 2.45) is 0 Å². The van der Waals surface area contributed by atoms with Crippen molar-refractivity contribution < 1.29 is 0 Å². The van der Waals surface area contributed by atoms with Gasteiger partial charge in [-0.15, -0.1) is 0 Å². The predicted octanol–water partition coefficient (Wildman–Crippen LogP) is 16.4. The molecule has 0 N–H and O–H groups in total. The van der Waals surface area contributed by atoms with Gasteiger partial charge in [0.15, 0.2) is 16.1 Å². The van der Waals surface area contributed by atoms with Gasteiger partial charge in [-0.25, -0.2) is 0 Å². The average Bonchev–Trinajstić information content (AvgIpc) is 0.916. The highest BCUT2D eigenvalue weighted by atomic mass is 28.3. The van der Waals surface area contributed by atoms with Crippen LogP contribution in [0.1, 0.15) is 52.7 Å². The Labute approximate surface area is 539 Å². The van der Waals surface area contributed by atoms with E-state index in [0.29, 0.717) is 0 Å². The summed E-state index contributed by atoms with van der Waals surface area (Å²) in [5, 5.41) is 18.4. The van der Waals surface area contributed by atoms with Gasteiger partial charge < -0.3 is 18.6 Å². The van der Waals surface area contributed by atoms with Crippen molar-refractivity contribution in [1.82, 2.24) is 13.7 Å². The number of aromatic nitrogens is 3. The number of para-hydroxylation sites is 6. The zero-order valence-corrected chi connectivity index (χ0v) is 54.7. The molecule has 16 aromatic rings. The van der Waals surface area contributed by atoms with Crippen molar-refractivity contribution in [3.05, 3.63) is 314 Å². The number of benzene rings is 13. The van der Waals surface area contributed by atoms with Gasteiger partial charge in [0, 0.05) is 66.4 Å². The molecule has 0 amide bonds. The second kappa shape index (κ2) is 20.0. The number of rotatable bonds is 7. The molecule has 0 aliphatic carbocycles. The summed E-state index contributed by atoms with van der Waals surface area (Å²) in [7, 11) is -6.78. The fraction of sp³-hybridized carbons (Fsp3) is 0.0930. The van der Waals surface area contributed by atoms with Crippen LogP contribution in [0, 0.1) is 0 Å². The van der Waals surface area contributed by atoms with Gasteiger partial charge in [-0.2, -0.15) is 0 Å². The van der Waals surface area contributed by atoms with Gasteiger partial charge in [-0.05, 0) is 142 Å². The molecule has 6 heteroatoms. The lowest BCUT2D eigenvalue weighted by Gasteiger charge is -2.52. The van der Waals surface area contributed by atoms with Crippen molar-refractivity contribution in [1.29, 1.82) is 0 Å². The van der Waals surface area contributed by atoms with Crippen molar-refractivity contribution in [3.8, 4) is 17.1 Å². The molecule has 5 heterocycles. The summed E-state index contributed by atoms with van der Waals surface area (Å²) >= 11 is 0. The van der Waals surface area contributed by atoms with Gasteiger partial charge >= 0.3 is 0 Å². The van der Waals surface area contributed by atoms with Crippen LogP contribution >= 0.6 is 0 Å². The minimum atomic E-state index is -3.51. The molecule has 13 aromatic carbocycles. The Bertz CT molecular complexity index is 5320. The highest BCUT2D eigenvalue weighted by Crippen LogP contribution is 2.45. The minimum absolute atomic E-state index is 0.0571.